The zero-order valence-electron chi connectivity index (χ0n) is 9.12. The van der Waals surface area contributed by atoms with E-state index in [0.29, 0.717) is 17.9 Å². The fourth-order valence-electron chi connectivity index (χ4n) is 2.71. The lowest BCUT2D eigenvalue weighted by molar-refractivity contribution is 0.528. The fraction of sp³-hybridized carbons (Fsp3) is 0.500. The molecular formula is C12H12ClFO2S. The number of rotatable bonds is 1. The average molecular weight is 275 g/mol. The summed E-state index contributed by atoms with van der Waals surface area (Å²) in [5, 5.41) is 0.0327. The summed E-state index contributed by atoms with van der Waals surface area (Å²) in [5.41, 5.74) is 0.601. The first kappa shape index (κ1) is 11.5. The van der Waals surface area contributed by atoms with Crippen molar-refractivity contribution in [3.05, 3.63) is 28.5 Å². The van der Waals surface area contributed by atoms with Crippen LogP contribution in [0.2, 0.25) is 5.02 Å². The van der Waals surface area contributed by atoms with Crippen molar-refractivity contribution in [2.24, 2.45) is 5.92 Å². The quantitative estimate of drug-likeness (QED) is 0.737. The highest BCUT2D eigenvalue weighted by Crippen LogP contribution is 2.50. The summed E-state index contributed by atoms with van der Waals surface area (Å²) in [6.07, 6.45) is 2.82. The summed E-state index contributed by atoms with van der Waals surface area (Å²) in [4.78, 5) is 0.170. The topological polar surface area (TPSA) is 34.1 Å². The SMILES string of the molecule is O=S1(=O)CCC(C2CC2)c2cc(F)cc(Cl)c21. The maximum atomic E-state index is 13.4. The predicted molar refractivity (Wildman–Crippen MR) is 63.5 cm³/mol. The zero-order valence-corrected chi connectivity index (χ0v) is 10.7. The molecule has 1 aliphatic carbocycles. The number of hydrogen-bond acceptors (Lipinski definition) is 2. The van der Waals surface area contributed by atoms with Gasteiger partial charge in [-0.1, -0.05) is 11.6 Å². The van der Waals surface area contributed by atoms with Gasteiger partial charge in [-0.05, 0) is 48.8 Å². The second-order valence-electron chi connectivity index (χ2n) is 4.86. The van der Waals surface area contributed by atoms with Crippen molar-refractivity contribution in [3.8, 4) is 0 Å². The molecule has 1 aliphatic heterocycles. The number of halogens is 2. The molecule has 5 heteroatoms. The van der Waals surface area contributed by atoms with Gasteiger partial charge in [0.25, 0.3) is 0 Å². The van der Waals surface area contributed by atoms with Gasteiger partial charge in [0.1, 0.15) is 5.82 Å². The average Bonchev–Trinajstić information content (AvgIpc) is 2.99. The van der Waals surface area contributed by atoms with Crippen LogP contribution in [0.5, 0.6) is 0 Å². The largest absolute Gasteiger partial charge is 0.224 e. The van der Waals surface area contributed by atoms with E-state index in [4.69, 9.17) is 11.6 Å². The lowest BCUT2D eigenvalue weighted by Crippen LogP contribution is -2.22. The molecule has 0 radical (unpaired) electrons. The monoisotopic (exact) mass is 274 g/mol. The number of fused-ring (bicyclic) bond motifs is 1. The van der Waals surface area contributed by atoms with Crippen LogP contribution in [0.1, 0.15) is 30.7 Å². The Bertz CT molecular complexity index is 578. The lowest BCUT2D eigenvalue weighted by Gasteiger charge is -2.26. The molecule has 0 bridgehead atoms. The highest BCUT2D eigenvalue weighted by Gasteiger charge is 2.40. The van der Waals surface area contributed by atoms with E-state index in [1.165, 1.54) is 6.07 Å². The van der Waals surface area contributed by atoms with Crippen molar-refractivity contribution in [3.63, 3.8) is 0 Å². The van der Waals surface area contributed by atoms with Crippen LogP contribution in [0.4, 0.5) is 4.39 Å². The summed E-state index contributed by atoms with van der Waals surface area (Å²) >= 11 is 5.90. The number of sulfone groups is 1. The third-order valence-corrected chi connectivity index (χ3v) is 5.90. The van der Waals surface area contributed by atoms with Crippen molar-refractivity contribution in [1.82, 2.24) is 0 Å². The Labute approximate surface area is 105 Å². The first-order valence-corrected chi connectivity index (χ1v) is 7.74. The van der Waals surface area contributed by atoms with Gasteiger partial charge in [-0.15, -0.1) is 0 Å². The molecule has 2 nitrogen and oxygen atoms in total. The van der Waals surface area contributed by atoms with Crippen LogP contribution in [0.15, 0.2) is 17.0 Å². The molecule has 17 heavy (non-hydrogen) atoms. The first-order chi connectivity index (χ1) is 7.99. The van der Waals surface area contributed by atoms with Crippen molar-refractivity contribution in [2.75, 3.05) is 5.75 Å². The predicted octanol–water partition coefficient (Wildman–Crippen LogP) is 3.15. The van der Waals surface area contributed by atoms with E-state index >= 15 is 0 Å². The number of benzene rings is 1. The molecule has 0 saturated heterocycles. The molecule has 1 fully saturated rings. The fourth-order valence-corrected chi connectivity index (χ4v) is 4.97. The van der Waals surface area contributed by atoms with Crippen molar-refractivity contribution < 1.29 is 12.8 Å². The third-order valence-electron chi connectivity index (χ3n) is 3.64. The highest BCUT2D eigenvalue weighted by atomic mass is 35.5. The Morgan fingerprint density at radius 3 is 2.59 bits per heavy atom. The summed E-state index contributed by atoms with van der Waals surface area (Å²) in [7, 11) is -3.33. The van der Waals surface area contributed by atoms with E-state index in [-0.39, 0.29) is 21.6 Å². The minimum absolute atomic E-state index is 0.0327. The Kier molecular flexibility index (Phi) is 2.49. The van der Waals surface area contributed by atoms with Gasteiger partial charge in [0, 0.05) is 0 Å². The van der Waals surface area contributed by atoms with Crippen molar-refractivity contribution in [2.45, 2.75) is 30.1 Å². The standard InChI is InChI=1S/C12H12ClFO2S/c13-11-6-8(14)5-10-9(7-1-2-7)3-4-17(15,16)12(10)11/h5-7,9H,1-4H2. The van der Waals surface area contributed by atoms with Crippen LogP contribution < -0.4 is 0 Å². The van der Waals surface area contributed by atoms with E-state index in [1.807, 2.05) is 0 Å². The maximum Gasteiger partial charge on any atom is 0.180 e. The lowest BCUT2D eigenvalue weighted by atomic mass is 9.91. The van der Waals surface area contributed by atoms with E-state index < -0.39 is 15.7 Å². The summed E-state index contributed by atoms with van der Waals surface area (Å²) in [6, 6.07) is 2.44. The molecule has 0 amide bonds. The Morgan fingerprint density at radius 2 is 1.94 bits per heavy atom. The molecule has 3 rings (SSSR count). The highest BCUT2D eigenvalue weighted by molar-refractivity contribution is 7.91. The van der Waals surface area contributed by atoms with Gasteiger partial charge >= 0.3 is 0 Å². The minimum Gasteiger partial charge on any atom is -0.224 e. The van der Waals surface area contributed by atoms with Crippen LogP contribution in [-0.4, -0.2) is 14.2 Å². The minimum atomic E-state index is -3.33. The summed E-state index contributed by atoms with van der Waals surface area (Å²) in [6.45, 7) is 0. The molecule has 1 heterocycles. The van der Waals surface area contributed by atoms with Crippen LogP contribution in [0.3, 0.4) is 0 Å². The number of hydrogen-bond donors (Lipinski definition) is 0. The van der Waals surface area contributed by atoms with Gasteiger partial charge in [0.05, 0.1) is 15.7 Å². The van der Waals surface area contributed by atoms with Crippen molar-refractivity contribution >= 4 is 21.4 Å². The molecule has 0 N–H and O–H groups in total. The van der Waals surface area contributed by atoms with E-state index in [1.54, 1.807) is 0 Å². The molecule has 1 unspecified atom stereocenters. The molecule has 0 spiro atoms. The smallest absolute Gasteiger partial charge is 0.180 e. The summed E-state index contributed by atoms with van der Waals surface area (Å²) in [5.74, 6) is 0.368. The van der Waals surface area contributed by atoms with Gasteiger partial charge in [-0.3, -0.25) is 0 Å². The van der Waals surface area contributed by atoms with E-state index in [0.717, 1.165) is 18.9 Å². The molecule has 1 saturated carbocycles. The van der Waals surface area contributed by atoms with E-state index in [9.17, 15) is 12.8 Å². The van der Waals surface area contributed by atoms with E-state index in [2.05, 4.69) is 0 Å². The molecule has 1 atom stereocenters. The molecule has 92 valence electrons. The van der Waals surface area contributed by atoms with Crippen LogP contribution in [-0.2, 0) is 9.84 Å². The van der Waals surface area contributed by atoms with Crippen LogP contribution in [0, 0.1) is 11.7 Å². The van der Waals surface area contributed by atoms with Gasteiger partial charge in [0.2, 0.25) is 0 Å². The van der Waals surface area contributed by atoms with Gasteiger partial charge in [-0.2, -0.15) is 0 Å². The Hall–Kier alpha value is -0.610. The first-order valence-electron chi connectivity index (χ1n) is 5.71. The third kappa shape index (κ3) is 1.87. The molecule has 1 aromatic carbocycles. The van der Waals surface area contributed by atoms with Crippen molar-refractivity contribution in [1.29, 1.82) is 0 Å². The molecular weight excluding hydrogens is 263 g/mol. The van der Waals surface area contributed by atoms with Gasteiger partial charge < -0.3 is 0 Å². The summed E-state index contributed by atoms with van der Waals surface area (Å²) < 4.78 is 37.4. The van der Waals surface area contributed by atoms with Gasteiger partial charge in [-0.25, -0.2) is 12.8 Å². The molecule has 2 aliphatic rings. The zero-order chi connectivity index (χ0) is 12.2. The molecule has 0 aromatic heterocycles. The normalized spacial score (nSPS) is 26.6. The second-order valence-corrected chi connectivity index (χ2v) is 7.31. The van der Waals surface area contributed by atoms with Crippen LogP contribution in [0.25, 0.3) is 0 Å². The second kappa shape index (κ2) is 3.69. The van der Waals surface area contributed by atoms with Crippen LogP contribution >= 0.6 is 11.6 Å². The Balaban J connectivity index is 2.24. The Morgan fingerprint density at radius 1 is 1.24 bits per heavy atom. The van der Waals surface area contributed by atoms with Gasteiger partial charge in [0.15, 0.2) is 9.84 Å². The maximum absolute atomic E-state index is 13.4. The molecule has 1 aromatic rings.